The molecule has 0 unspecified atom stereocenters. The van der Waals surface area contributed by atoms with Crippen LogP contribution >= 0.6 is 15.9 Å². The molecular formula is C16H19BrO3. The lowest BCUT2D eigenvalue weighted by Gasteiger charge is -2.43. The second kappa shape index (κ2) is 5.86. The van der Waals surface area contributed by atoms with Crippen LogP contribution in [-0.2, 0) is 4.74 Å². The van der Waals surface area contributed by atoms with Crippen LogP contribution in [0.5, 0.6) is 0 Å². The SMILES string of the molecule is O=C(O[C@H]1CC[C@H]2CCC[C@@H]1[C@H]2O)c1ccc(Br)cc1. The molecule has 1 N–H and O–H groups in total. The van der Waals surface area contributed by atoms with Gasteiger partial charge in [-0.15, -0.1) is 0 Å². The number of carbonyl (C=O) groups excluding carboxylic acids is 1. The molecule has 0 aromatic heterocycles. The Bertz CT molecular complexity index is 485. The minimum absolute atomic E-state index is 0.127. The third-order valence-electron chi connectivity index (χ3n) is 4.67. The summed E-state index contributed by atoms with van der Waals surface area (Å²) in [6.45, 7) is 0. The zero-order chi connectivity index (χ0) is 14.1. The average molecular weight is 339 g/mol. The van der Waals surface area contributed by atoms with Crippen molar-refractivity contribution in [2.24, 2.45) is 11.8 Å². The first-order chi connectivity index (χ1) is 9.65. The van der Waals surface area contributed by atoms with Gasteiger partial charge in [0.25, 0.3) is 0 Å². The highest BCUT2D eigenvalue weighted by Crippen LogP contribution is 2.41. The van der Waals surface area contributed by atoms with Gasteiger partial charge in [0.15, 0.2) is 0 Å². The predicted molar refractivity (Wildman–Crippen MR) is 79.4 cm³/mol. The number of ether oxygens (including phenoxy) is 1. The highest BCUT2D eigenvalue weighted by Gasteiger charge is 2.42. The number of esters is 1. The van der Waals surface area contributed by atoms with E-state index in [-0.39, 0.29) is 24.1 Å². The summed E-state index contributed by atoms with van der Waals surface area (Å²) in [5.74, 6) is 0.261. The smallest absolute Gasteiger partial charge is 0.338 e. The summed E-state index contributed by atoms with van der Waals surface area (Å²) in [5, 5.41) is 10.3. The zero-order valence-electron chi connectivity index (χ0n) is 11.3. The third-order valence-corrected chi connectivity index (χ3v) is 5.20. The Kier molecular flexibility index (Phi) is 4.13. The van der Waals surface area contributed by atoms with E-state index >= 15 is 0 Å². The van der Waals surface area contributed by atoms with E-state index in [1.807, 2.05) is 12.1 Å². The van der Waals surface area contributed by atoms with Gasteiger partial charge in [0, 0.05) is 10.4 Å². The lowest BCUT2D eigenvalue weighted by molar-refractivity contribution is -0.0889. The second-order valence-electron chi connectivity index (χ2n) is 5.87. The quantitative estimate of drug-likeness (QED) is 0.839. The van der Waals surface area contributed by atoms with Gasteiger partial charge in [-0.05, 0) is 55.9 Å². The Morgan fingerprint density at radius 2 is 1.90 bits per heavy atom. The zero-order valence-corrected chi connectivity index (χ0v) is 12.9. The van der Waals surface area contributed by atoms with Gasteiger partial charge in [-0.3, -0.25) is 0 Å². The van der Waals surface area contributed by atoms with Crippen LogP contribution in [0.4, 0.5) is 0 Å². The summed E-state index contributed by atoms with van der Waals surface area (Å²) in [7, 11) is 0. The molecule has 1 aromatic rings. The molecule has 2 saturated carbocycles. The van der Waals surface area contributed by atoms with E-state index in [4.69, 9.17) is 4.74 Å². The molecule has 2 aliphatic rings. The number of hydrogen-bond acceptors (Lipinski definition) is 3. The van der Waals surface area contributed by atoms with Crippen molar-refractivity contribution >= 4 is 21.9 Å². The Hall–Kier alpha value is -0.870. The Morgan fingerprint density at radius 3 is 2.65 bits per heavy atom. The van der Waals surface area contributed by atoms with E-state index in [9.17, 15) is 9.90 Å². The fraction of sp³-hybridized carbons (Fsp3) is 0.562. The van der Waals surface area contributed by atoms with Crippen molar-refractivity contribution in [3.05, 3.63) is 34.3 Å². The highest BCUT2D eigenvalue weighted by molar-refractivity contribution is 9.10. The monoisotopic (exact) mass is 338 g/mol. The molecule has 0 radical (unpaired) electrons. The average Bonchev–Trinajstić information content (AvgIpc) is 2.42. The van der Waals surface area contributed by atoms with Crippen LogP contribution < -0.4 is 0 Å². The first-order valence-electron chi connectivity index (χ1n) is 7.30. The maximum Gasteiger partial charge on any atom is 0.338 e. The molecule has 2 aliphatic carbocycles. The molecule has 4 atom stereocenters. The second-order valence-corrected chi connectivity index (χ2v) is 6.79. The molecule has 20 heavy (non-hydrogen) atoms. The minimum Gasteiger partial charge on any atom is -0.458 e. The predicted octanol–water partition coefficient (Wildman–Crippen LogP) is 3.55. The van der Waals surface area contributed by atoms with Crippen LogP contribution in [0.3, 0.4) is 0 Å². The number of halogens is 1. The molecule has 0 saturated heterocycles. The molecule has 3 rings (SSSR count). The van der Waals surface area contributed by atoms with Crippen molar-refractivity contribution in [2.45, 2.75) is 44.3 Å². The highest BCUT2D eigenvalue weighted by atomic mass is 79.9. The number of fused-ring (bicyclic) bond motifs is 2. The van der Waals surface area contributed by atoms with E-state index in [2.05, 4.69) is 15.9 Å². The molecule has 4 heteroatoms. The van der Waals surface area contributed by atoms with Gasteiger partial charge in [0.2, 0.25) is 0 Å². The fourth-order valence-corrected chi connectivity index (χ4v) is 3.82. The Morgan fingerprint density at radius 1 is 1.15 bits per heavy atom. The van der Waals surface area contributed by atoms with Crippen molar-refractivity contribution in [3.8, 4) is 0 Å². The Balaban J connectivity index is 1.68. The van der Waals surface area contributed by atoms with E-state index in [0.29, 0.717) is 11.5 Å². The summed E-state index contributed by atoms with van der Waals surface area (Å²) in [6.07, 6.45) is 4.66. The molecule has 3 nitrogen and oxygen atoms in total. The molecule has 0 spiro atoms. The number of aliphatic hydroxyl groups excluding tert-OH is 1. The normalized spacial score (nSPS) is 32.7. The van der Waals surface area contributed by atoms with Crippen molar-refractivity contribution in [3.63, 3.8) is 0 Å². The molecular weight excluding hydrogens is 320 g/mol. The minimum atomic E-state index is -0.291. The van der Waals surface area contributed by atoms with E-state index in [0.717, 1.165) is 36.6 Å². The van der Waals surface area contributed by atoms with E-state index in [1.54, 1.807) is 12.1 Å². The number of hydrogen-bond donors (Lipinski definition) is 1. The van der Waals surface area contributed by atoms with Gasteiger partial charge in [-0.25, -0.2) is 4.79 Å². The molecule has 0 amide bonds. The molecule has 0 heterocycles. The van der Waals surface area contributed by atoms with Crippen LogP contribution in [0.15, 0.2) is 28.7 Å². The number of carbonyl (C=O) groups is 1. The molecule has 108 valence electrons. The first kappa shape index (κ1) is 14.1. The van der Waals surface area contributed by atoms with Gasteiger partial charge in [0.1, 0.15) is 6.10 Å². The summed E-state index contributed by atoms with van der Waals surface area (Å²) < 4.78 is 6.60. The van der Waals surface area contributed by atoms with Gasteiger partial charge < -0.3 is 9.84 Å². The molecule has 2 fully saturated rings. The number of rotatable bonds is 2. The van der Waals surface area contributed by atoms with Crippen LogP contribution in [0.25, 0.3) is 0 Å². The summed E-state index contributed by atoms with van der Waals surface area (Å²) in [6, 6.07) is 7.19. The fourth-order valence-electron chi connectivity index (χ4n) is 3.56. The van der Waals surface area contributed by atoms with Crippen molar-refractivity contribution < 1.29 is 14.6 Å². The third kappa shape index (κ3) is 2.77. The largest absolute Gasteiger partial charge is 0.458 e. The maximum atomic E-state index is 12.2. The summed E-state index contributed by atoms with van der Waals surface area (Å²) in [4.78, 5) is 12.2. The van der Waals surface area contributed by atoms with Crippen molar-refractivity contribution in [1.82, 2.24) is 0 Å². The standard InChI is InChI=1S/C16H19BrO3/c17-12-7-4-11(5-8-12)16(19)20-14-9-6-10-2-1-3-13(14)15(10)18/h4-5,7-8,10,13-15,18H,1-3,6,9H2/t10-,13+,14+,15+/m1/s1. The van der Waals surface area contributed by atoms with E-state index in [1.165, 1.54) is 0 Å². The first-order valence-corrected chi connectivity index (χ1v) is 8.09. The number of benzene rings is 1. The van der Waals surface area contributed by atoms with Crippen LogP contribution in [0, 0.1) is 11.8 Å². The summed E-state index contributed by atoms with van der Waals surface area (Å²) in [5.41, 5.74) is 0.570. The molecule has 2 bridgehead atoms. The lowest BCUT2D eigenvalue weighted by atomic mass is 9.68. The maximum absolute atomic E-state index is 12.2. The molecule has 1 aromatic carbocycles. The Labute approximate surface area is 127 Å². The van der Waals surface area contributed by atoms with Crippen LogP contribution in [0.1, 0.15) is 42.5 Å². The van der Waals surface area contributed by atoms with Crippen molar-refractivity contribution in [2.75, 3.05) is 0 Å². The number of aliphatic hydroxyl groups is 1. The van der Waals surface area contributed by atoms with Crippen LogP contribution in [-0.4, -0.2) is 23.3 Å². The lowest BCUT2D eigenvalue weighted by Crippen LogP contribution is -2.46. The van der Waals surface area contributed by atoms with Crippen molar-refractivity contribution in [1.29, 1.82) is 0 Å². The van der Waals surface area contributed by atoms with Gasteiger partial charge >= 0.3 is 5.97 Å². The van der Waals surface area contributed by atoms with Gasteiger partial charge in [-0.2, -0.15) is 0 Å². The summed E-state index contributed by atoms with van der Waals surface area (Å²) >= 11 is 3.35. The van der Waals surface area contributed by atoms with Gasteiger partial charge in [0.05, 0.1) is 11.7 Å². The topological polar surface area (TPSA) is 46.5 Å². The van der Waals surface area contributed by atoms with E-state index < -0.39 is 0 Å². The van der Waals surface area contributed by atoms with Crippen LogP contribution in [0.2, 0.25) is 0 Å². The van der Waals surface area contributed by atoms with Gasteiger partial charge in [-0.1, -0.05) is 22.4 Å². The molecule has 0 aliphatic heterocycles.